The van der Waals surface area contributed by atoms with Crippen LogP contribution < -0.4 is 10.6 Å². The number of ether oxygens (including phenoxy) is 1. The van der Waals surface area contributed by atoms with Gasteiger partial charge in [0, 0.05) is 13.0 Å². The van der Waals surface area contributed by atoms with E-state index in [0.717, 1.165) is 5.57 Å². The van der Waals surface area contributed by atoms with Gasteiger partial charge in [-0.3, -0.25) is 4.79 Å². The molecule has 0 spiro atoms. The van der Waals surface area contributed by atoms with Crippen molar-refractivity contribution in [1.29, 1.82) is 0 Å². The third-order valence-corrected chi connectivity index (χ3v) is 2.02. The van der Waals surface area contributed by atoms with E-state index in [1.165, 1.54) is 7.11 Å². The lowest BCUT2D eigenvalue weighted by atomic mass is 10.1. The molecule has 0 saturated heterocycles. The SMILES string of the molecule is C=C(C)CNC(=O)N[C@H](CCC(=O)OC)C(=O)O. The largest absolute Gasteiger partial charge is 0.480 e. The average molecular weight is 258 g/mol. The summed E-state index contributed by atoms with van der Waals surface area (Å²) in [6, 6.07) is -1.75. The van der Waals surface area contributed by atoms with Crippen LogP contribution in [-0.2, 0) is 14.3 Å². The number of carboxylic acid groups (broad SMARTS) is 1. The summed E-state index contributed by atoms with van der Waals surface area (Å²) < 4.78 is 4.39. The summed E-state index contributed by atoms with van der Waals surface area (Å²) in [5, 5.41) is 13.6. The normalized spacial score (nSPS) is 11.2. The van der Waals surface area contributed by atoms with Gasteiger partial charge in [0.2, 0.25) is 0 Å². The highest BCUT2D eigenvalue weighted by Gasteiger charge is 2.20. The first kappa shape index (κ1) is 16.0. The molecule has 1 atom stereocenters. The second kappa shape index (κ2) is 8.10. The first-order valence-corrected chi connectivity index (χ1v) is 5.35. The molecule has 0 aliphatic carbocycles. The molecule has 18 heavy (non-hydrogen) atoms. The van der Waals surface area contributed by atoms with Crippen molar-refractivity contribution in [2.75, 3.05) is 13.7 Å². The van der Waals surface area contributed by atoms with Crippen LogP contribution in [0.5, 0.6) is 0 Å². The van der Waals surface area contributed by atoms with Crippen LogP contribution in [0.4, 0.5) is 4.79 Å². The number of esters is 1. The topological polar surface area (TPSA) is 105 Å². The number of nitrogens with one attached hydrogen (secondary N) is 2. The number of amides is 2. The Morgan fingerprint density at radius 3 is 2.44 bits per heavy atom. The summed E-state index contributed by atoms with van der Waals surface area (Å²) in [6.07, 6.45) is -0.100. The Hall–Kier alpha value is -2.05. The molecular formula is C11H18N2O5. The molecular weight excluding hydrogens is 240 g/mol. The van der Waals surface area contributed by atoms with Gasteiger partial charge in [-0.05, 0) is 13.3 Å². The predicted octanol–water partition coefficient (Wildman–Crippen LogP) is 0.268. The third-order valence-electron chi connectivity index (χ3n) is 2.02. The molecule has 0 fully saturated rings. The molecule has 0 aliphatic heterocycles. The third kappa shape index (κ3) is 7.26. The van der Waals surface area contributed by atoms with E-state index in [-0.39, 0.29) is 19.4 Å². The Bertz CT molecular complexity index is 340. The van der Waals surface area contributed by atoms with E-state index in [1.807, 2.05) is 0 Å². The lowest BCUT2D eigenvalue weighted by Crippen LogP contribution is -2.46. The van der Waals surface area contributed by atoms with Crippen LogP contribution in [0.25, 0.3) is 0 Å². The number of aliphatic carboxylic acids is 1. The van der Waals surface area contributed by atoms with E-state index in [0.29, 0.717) is 0 Å². The number of carboxylic acids is 1. The van der Waals surface area contributed by atoms with Crippen LogP contribution in [0.15, 0.2) is 12.2 Å². The zero-order valence-corrected chi connectivity index (χ0v) is 10.5. The van der Waals surface area contributed by atoms with Crippen molar-refractivity contribution in [3.63, 3.8) is 0 Å². The zero-order valence-electron chi connectivity index (χ0n) is 10.5. The number of hydrogen-bond donors (Lipinski definition) is 3. The Morgan fingerprint density at radius 1 is 1.39 bits per heavy atom. The molecule has 0 aromatic rings. The van der Waals surface area contributed by atoms with Crippen molar-refractivity contribution < 1.29 is 24.2 Å². The second-order valence-electron chi connectivity index (χ2n) is 3.79. The van der Waals surface area contributed by atoms with Crippen molar-refractivity contribution in [3.8, 4) is 0 Å². The molecule has 0 saturated carbocycles. The lowest BCUT2D eigenvalue weighted by Gasteiger charge is -2.14. The van der Waals surface area contributed by atoms with E-state index in [9.17, 15) is 14.4 Å². The fourth-order valence-electron chi connectivity index (χ4n) is 1.06. The monoisotopic (exact) mass is 258 g/mol. The van der Waals surface area contributed by atoms with Gasteiger partial charge in [-0.15, -0.1) is 0 Å². The molecule has 7 nitrogen and oxygen atoms in total. The molecule has 0 rings (SSSR count). The summed E-state index contributed by atoms with van der Waals surface area (Å²) in [5.74, 6) is -1.73. The Morgan fingerprint density at radius 2 is 2.00 bits per heavy atom. The maximum Gasteiger partial charge on any atom is 0.326 e. The lowest BCUT2D eigenvalue weighted by molar-refractivity contribution is -0.142. The predicted molar refractivity (Wildman–Crippen MR) is 64.0 cm³/mol. The molecule has 0 aromatic carbocycles. The fraction of sp³-hybridized carbons (Fsp3) is 0.545. The summed E-state index contributed by atoms with van der Waals surface area (Å²) in [4.78, 5) is 33.1. The molecule has 7 heteroatoms. The van der Waals surface area contributed by atoms with Gasteiger partial charge in [-0.2, -0.15) is 0 Å². The Labute approximate surface area is 105 Å². The summed E-state index contributed by atoms with van der Waals surface area (Å²) in [6.45, 7) is 5.58. The van der Waals surface area contributed by atoms with Crippen molar-refractivity contribution in [3.05, 3.63) is 12.2 Å². The highest BCUT2D eigenvalue weighted by molar-refractivity contribution is 5.83. The minimum absolute atomic E-state index is 0.0253. The first-order chi connectivity index (χ1) is 8.36. The molecule has 0 radical (unpaired) electrons. The second-order valence-corrected chi connectivity index (χ2v) is 3.79. The molecule has 3 N–H and O–H groups in total. The van der Waals surface area contributed by atoms with Crippen molar-refractivity contribution in [1.82, 2.24) is 10.6 Å². The Kier molecular flexibility index (Phi) is 7.18. The van der Waals surface area contributed by atoms with Gasteiger partial charge >= 0.3 is 18.0 Å². The van der Waals surface area contributed by atoms with E-state index >= 15 is 0 Å². The summed E-state index contributed by atoms with van der Waals surface area (Å²) in [5.41, 5.74) is 0.742. The minimum atomic E-state index is -1.20. The van der Waals surface area contributed by atoms with Gasteiger partial charge in [0.15, 0.2) is 0 Å². The van der Waals surface area contributed by atoms with Crippen LogP contribution in [0, 0.1) is 0 Å². The summed E-state index contributed by atoms with van der Waals surface area (Å²) >= 11 is 0. The smallest absolute Gasteiger partial charge is 0.326 e. The number of hydrogen-bond acceptors (Lipinski definition) is 4. The minimum Gasteiger partial charge on any atom is -0.480 e. The van der Waals surface area contributed by atoms with E-state index in [4.69, 9.17) is 5.11 Å². The first-order valence-electron chi connectivity index (χ1n) is 5.35. The van der Waals surface area contributed by atoms with E-state index < -0.39 is 24.0 Å². The molecule has 0 aliphatic rings. The number of rotatable bonds is 7. The molecule has 0 unspecified atom stereocenters. The zero-order chi connectivity index (χ0) is 14.1. The van der Waals surface area contributed by atoms with Crippen LogP contribution >= 0.6 is 0 Å². The van der Waals surface area contributed by atoms with Gasteiger partial charge in [-0.1, -0.05) is 12.2 Å². The number of carbonyl (C=O) groups excluding carboxylic acids is 2. The number of carbonyl (C=O) groups is 3. The van der Waals surface area contributed by atoms with E-state index in [2.05, 4.69) is 21.9 Å². The van der Waals surface area contributed by atoms with Crippen LogP contribution in [-0.4, -0.2) is 42.8 Å². The van der Waals surface area contributed by atoms with E-state index in [1.54, 1.807) is 6.92 Å². The van der Waals surface area contributed by atoms with Gasteiger partial charge in [0.05, 0.1) is 7.11 Å². The highest BCUT2D eigenvalue weighted by atomic mass is 16.5. The van der Waals surface area contributed by atoms with Gasteiger partial charge in [0.1, 0.15) is 6.04 Å². The van der Waals surface area contributed by atoms with Gasteiger partial charge in [-0.25, -0.2) is 9.59 Å². The fourth-order valence-corrected chi connectivity index (χ4v) is 1.06. The van der Waals surface area contributed by atoms with Crippen molar-refractivity contribution in [2.45, 2.75) is 25.8 Å². The Balaban J connectivity index is 4.18. The highest BCUT2D eigenvalue weighted by Crippen LogP contribution is 1.99. The number of urea groups is 1. The van der Waals surface area contributed by atoms with Crippen LogP contribution in [0.1, 0.15) is 19.8 Å². The van der Waals surface area contributed by atoms with Crippen LogP contribution in [0.3, 0.4) is 0 Å². The molecule has 0 heterocycles. The van der Waals surface area contributed by atoms with Gasteiger partial charge < -0.3 is 20.5 Å². The molecule has 2 amide bonds. The standard InChI is InChI=1S/C11H18N2O5/c1-7(2)6-12-11(17)13-8(10(15)16)4-5-9(14)18-3/h8H,1,4-6H2,2-3H3,(H,15,16)(H2,12,13,17)/t8-/m1/s1. The van der Waals surface area contributed by atoms with Gasteiger partial charge in [0.25, 0.3) is 0 Å². The van der Waals surface area contributed by atoms with Crippen molar-refractivity contribution in [2.24, 2.45) is 0 Å². The van der Waals surface area contributed by atoms with Crippen molar-refractivity contribution >= 4 is 18.0 Å². The maximum atomic E-state index is 11.3. The van der Waals surface area contributed by atoms with Crippen LogP contribution in [0.2, 0.25) is 0 Å². The number of methoxy groups -OCH3 is 1. The molecule has 102 valence electrons. The summed E-state index contributed by atoms with van der Waals surface area (Å²) in [7, 11) is 1.21. The quantitative estimate of drug-likeness (QED) is 0.449. The molecule has 0 aromatic heterocycles. The molecule has 0 bridgehead atoms. The average Bonchev–Trinajstić information content (AvgIpc) is 2.30. The maximum absolute atomic E-state index is 11.3.